The van der Waals surface area contributed by atoms with Gasteiger partial charge in [0.1, 0.15) is 5.52 Å². The van der Waals surface area contributed by atoms with Crippen LogP contribution in [0.4, 0.5) is 36.4 Å². The van der Waals surface area contributed by atoms with Gasteiger partial charge in [-0.25, -0.2) is 13.8 Å². The van der Waals surface area contributed by atoms with Crippen LogP contribution in [-0.2, 0) is 12.1 Å². The van der Waals surface area contributed by atoms with Crippen LogP contribution in [0.15, 0.2) is 12.1 Å². The molecule has 0 aliphatic heterocycles. The zero-order chi connectivity index (χ0) is 17.7. The van der Waals surface area contributed by atoms with Crippen LogP contribution < -0.4 is 0 Å². The summed E-state index contributed by atoms with van der Waals surface area (Å²) in [5.41, 5.74) is -5.26. The number of hydrogen-bond donors (Lipinski definition) is 1. The van der Waals surface area contributed by atoms with Crippen molar-refractivity contribution in [2.75, 3.05) is 0 Å². The lowest BCUT2D eigenvalue weighted by molar-refractivity contribution is -0.383. The van der Waals surface area contributed by atoms with Crippen LogP contribution in [0.3, 0.4) is 0 Å². The second-order valence-corrected chi connectivity index (χ2v) is 4.29. The first-order valence-electron chi connectivity index (χ1n) is 5.51. The molecule has 0 saturated carbocycles. The number of rotatable bonds is 3. The third-order valence-electron chi connectivity index (χ3n) is 2.80. The number of hydrogen-bond acceptors (Lipinski definition) is 4. The van der Waals surface area contributed by atoms with Crippen LogP contribution >= 0.6 is 0 Å². The zero-order valence-electron chi connectivity index (χ0n) is 10.5. The van der Waals surface area contributed by atoms with Gasteiger partial charge in [0.05, 0.1) is 10.5 Å². The van der Waals surface area contributed by atoms with Gasteiger partial charge < -0.3 is 5.21 Å². The second-order valence-electron chi connectivity index (χ2n) is 4.29. The molecule has 1 N–H and O–H groups in total. The van der Waals surface area contributed by atoms with Crippen molar-refractivity contribution in [3.8, 4) is 0 Å². The molecule has 2 aromatic rings. The normalized spacial score (nSPS) is 13.0. The van der Waals surface area contributed by atoms with Gasteiger partial charge >= 0.3 is 18.5 Å². The molecule has 0 spiro atoms. The highest BCUT2D eigenvalue weighted by atomic mass is 19.4. The Balaban J connectivity index is 2.87. The molecule has 0 saturated heterocycles. The van der Waals surface area contributed by atoms with Gasteiger partial charge in [0.15, 0.2) is 5.52 Å². The van der Waals surface area contributed by atoms with E-state index < -0.39 is 56.3 Å². The summed E-state index contributed by atoms with van der Waals surface area (Å²) < 4.78 is 88.3. The lowest BCUT2D eigenvalue weighted by Gasteiger charge is -2.13. The summed E-state index contributed by atoms with van der Waals surface area (Å²) in [6.45, 7) is 0. The number of halogens is 7. The minimum Gasteiger partial charge on any atom is -0.426 e. The number of alkyl halides is 7. The van der Waals surface area contributed by atoms with Crippen molar-refractivity contribution in [1.29, 1.82) is 0 Å². The standard InChI is InChI=1S/C10H4F7N3O3/c11-7(12)9(13,14)8-18-4-1-3(10(15,16)17)2-5(20(22)23)6(4)19(8)21/h1-2,7,21H. The van der Waals surface area contributed by atoms with Crippen molar-refractivity contribution < 1.29 is 40.9 Å². The maximum absolute atomic E-state index is 13.3. The molecule has 2 rings (SSSR count). The second kappa shape index (κ2) is 4.96. The Morgan fingerprint density at radius 2 is 1.78 bits per heavy atom. The highest BCUT2D eigenvalue weighted by molar-refractivity contribution is 5.86. The van der Waals surface area contributed by atoms with E-state index in [0.29, 0.717) is 0 Å². The predicted octanol–water partition coefficient (Wildman–Crippen LogP) is 3.56. The molecule has 0 aliphatic carbocycles. The first kappa shape index (κ1) is 16.8. The summed E-state index contributed by atoms with van der Waals surface area (Å²) >= 11 is 0. The fourth-order valence-corrected chi connectivity index (χ4v) is 1.79. The summed E-state index contributed by atoms with van der Waals surface area (Å²) in [7, 11) is 0. The van der Waals surface area contributed by atoms with E-state index in [9.17, 15) is 46.1 Å². The highest BCUT2D eigenvalue weighted by Crippen LogP contribution is 2.40. The maximum atomic E-state index is 13.3. The number of fused-ring (bicyclic) bond motifs is 1. The van der Waals surface area contributed by atoms with E-state index >= 15 is 0 Å². The van der Waals surface area contributed by atoms with E-state index in [2.05, 4.69) is 4.98 Å². The van der Waals surface area contributed by atoms with E-state index in [1.54, 1.807) is 0 Å². The van der Waals surface area contributed by atoms with Crippen molar-refractivity contribution in [1.82, 2.24) is 9.71 Å². The first-order chi connectivity index (χ1) is 10.4. The molecule has 0 unspecified atom stereocenters. The van der Waals surface area contributed by atoms with Crippen molar-refractivity contribution in [3.05, 3.63) is 33.6 Å². The minimum absolute atomic E-state index is 0.0268. The van der Waals surface area contributed by atoms with Gasteiger partial charge in [-0.2, -0.15) is 26.7 Å². The van der Waals surface area contributed by atoms with Gasteiger partial charge in [-0.1, -0.05) is 0 Å². The van der Waals surface area contributed by atoms with Crippen LogP contribution in [0, 0.1) is 10.1 Å². The monoisotopic (exact) mass is 347 g/mol. The van der Waals surface area contributed by atoms with E-state index in [1.165, 1.54) is 0 Å². The third-order valence-corrected chi connectivity index (χ3v) is 2.80. The Morgan fingerprint density at radius 3 is 2.22 bits per heavy atom. The van der Waals surface area contributed by atoms with Gasteiger partial charge in [-0.15, -0.1) is 0 Å². The van der Waals surface area contributed by atoms with Crippen LogP contribution in [0.5, 0.6) is 0 Å². The number of aromatic nitrogens is 2. The van der Waals surface area contributed by atoms with Gasteiger partial charge in [-0.05, 0) is 6.07 Å². The molecule has 1 heterocycles. The quantitative estimate of drug-likeness (QED) is 0.398. The summed E-state index contributed by atoms with van der Waals surface area (Å²) in [4.78, 5) is 12.2. The molecular weight excluding hydrogens is 343 g/mol. The Hall–Kier alpha value is -2.60. The smallest absolute Gasteiger partial charge is 0.416 e. The Labute approximate surface area is 120 Å². The van der Waals surface area contributed by atoms with Crippen LogP contribution in [0.2, 0.25) is 0 Å². The van der Waals surface area contributed by atoms with Crippen molar-refractivity contribution in [2.45, 2.75) is 18.5 Å². The number of nitro groups is 1. The molecule has 1 aromatic carbocycles. The topological polar surface area (TPSA) is 81.2 Å². The molecule has 0 bridgehead atoms. The Morgan fingerprint density at radius 1 is 1.22 bits per heavy atom. The molecule has 23 heavy (non-hydrogen) atoms. The molecule has 6 nitrogen and oxygen atoms in total. The molecule has 0 radical (unpaired) electrons. The number of imidazole rings is 1. The number of nitrogens with zero attached hydrogens (tertiary/aromatic N) is 3. The summed E-state index contributed by atoms with van der Waals surface area (Å²) in [5.74, 6) is -7.04. The Bertz CT molecular complexity index is 784. The first-order valence-corrected chi connectivity index (χ1v) is 5.51. The fourth-order valence-electron chi connectivity index (χ4n) is 1.79. The number of nitro benzene ring substituents is 1. The van der Waals surface area contributed by atoms with E-state index in [1.807, 2.05) is 0 Å². The van der Waals surface area contributed by atoms with Crippen molar-refractivity contribution in [2.24, 2.45) is 0 Å². The lowest BCUT2D eigenvalue weighted by Crippen LogP contribution is -2.27. The largest absolute Gasteiger partial charge is 0.426 e. The van der Waals surface area contributed by atoms with E-state index in [4.69, 9.17) is 0 Å². The van der Waals surface area contributed by atoms with Crippen LogP contribution in [-0.4, -0.2) is 26.3 Å². The summed E-state index contributed by atoms with van der Waals surface area (Å²) in [5, 5.41) is 20.2. The average molecular weight is 347 g/mol. The van der Waals surface area contributed by atoms with E-state index in [-0.39, 0.29) is 12.1 Å². The molecule has 0 fully saturated rings. The van der Waals surface area contributed by atoms with Crippen LogP contribution in [0.1, 0.15) is 11.4 Å². The zero-order valence-corrected chi connectivity index (χ0v) is 10.5. The third kappa shape index (κ3) is 2.61. The molecule has 13 heteroatoms. The summed E-state index contributed by atoms with van der Waals surface area (Å²) in [6.07, 6.45) is -9.42. The fraction of sp³-hybridized carbons (Fsp3) is 0.300. The number of benzene rings is 1. The summed E-state index contributed by atoms with van der Waals surface area (Å²) in [6, 6.07) is 0.0983. The molecule has 0 aliphatic rings. The maximum Gasteiger partial charge on any atom is 0.416 e. The molecule has 0 amide bonds. The average Bonchev–Trinajstić information content (AvgIpc) is 2.74. The molecular formula is C10H4F7N3O3. The lowest BCUT2D eigenvalue weighted by atomic mass is 10.1. The van der Waals surface area contributed by atoms with Crippen LogP contribution in [0.25, 0.3) is 11.0 Å². The number of non-ortho nitro benzene ring substituents is 1. The molecule has 0 atom stereocenters. The van der Waals surface area contributed by atoms with Crippen molar-refractivity contribution in [3.63, 3.8) is 0 Å². The minimum atomic E-state index is -5.08. The molecule has 126 valence electrons. The SMILES string of the molecule is O=[N+]([O-])c1cc(C(F)(F)F)cc2nc(C(F)(F)C(F)F)n(O)c12. The van der Waals surface area contributed by atoms with Gasteiger partial charge in [0.2, 0.25) is 5.82 Å². The highest BCUT2D eigenvalue weighted by Gasteiger charge is 2.49. The predicted molar refractivity (Wildman–Crippen MR) is 58.5 cm³/mol. The van der Waals surface area contributed by atoms with Gasteiger partial charge in [-0.3, -0.25) is 10.1 Å². The van der Waals surface area contributed by atoms with Gasteiger partial charge in [0, 0.05) is 6.07 Å². The van der Waals surface area contributed by atoms with E-state index in [0.717, 1.165) is 0 Å². The van der Waals surface area contributed by atoms with Gasteiger partial charge in [0.25, 0.3) is 5.69 Å². The van der Waals surface area contributed by atoms with Crippen molar-refractivity contribution >= 4 is 16.7 Å². The molecule has 1 aromatic heterocycles. The Kier molecular flexibility index (Phi) is 3.61.